The Morgan fingerprint density at radius 1 is 1.09 bits per heavy atom. The lowest BCUT2D eigenvalue weighted by atomic mass is 9.99. The molecule has 1 aromatic heterocycles. The van der Waals surface area contributed by atoms with E-state index in [1.807, 2.05) is 10.8 Å². The van der Waals surface area contributed by atoms with Gasteiger partial charge in [-0.05, 0) is 43.5 Å². The number of fused-ring (bicyclic) bond motifs is 1. The number of halogens is 3. The van der Waals surface area contributed by atoms with E-state index in [0.29, 0.717) is 17.0 Å². The van der Waals surface area contributed by atoms with Crippen LogP contribution < -0.4 is 9.62 Å². The Kier molecular flexibility index (Phi) is 6.29. The average Bonchev–Trinajstić information content (AvgIpc) is 3.31. The summed E-state index contributed by atoms with van der Waals surface area (Å²) in [6.45, 7) is 3.38. The minimum Gasteiger partial charge on any atom is -0.370 e. The van der Waals surface area contributed by atoms with Crippen molar-refractivity contribution in [3.05, 3.63) is 65.1 Å². The zero-order valence-corrected chi connectivity index (χ0v) is 18.7. The third-order valence-corrected chi connectivity index (χ3v) is 7.00. The van der Waals surface area contributed by atoms with Gasteiger partial charge in [0.15, 0.2) is 23.2 Å². The Morgan fingerprint density at radius 2 is 1.82 bits per heavy atom. The summed E-state index contributed by atoms with van der Waals surface area (Å²) in [5.74, 6) is -6.13. The molecule has 6 nitrogen and oxygen atoms in total. The number of hydrogen-bond donors (Lipinski definition) is 1. The fraction of sp³-hybridized carbons (Fsp3) is 0.304. The van der Waals surface area contributed by atoms with Crippen LogP contribution in [0, 0.1) is 17.5 Å². The molecular formula is C23H22F3N3O3S. The molecule has 0 aliphatic carbocycles. The highest BCUT2D eigenvalue weighted by atomic mass is 32.2. The molecule has 0 atom stereocenters. The van der Waals surface area contributed by atoms with E-state index in [4.69, 9.17) is 0 Å². The summed E-state index contributed by atoms with van der Waals surface area (Å²) in [6, 6.07) is 6.55. The second-order valence-electron chi connectivity index (χ2n) is 7.95. The van der Waals surface area contributed by atoms with Crippen LogP contribution in [-0.4, -0.2) is 38.0 Å². The first-order valence-corrected chi connectivity index (χ1v) is 12.2. The number of aromatic nitrogens is 1. The van der Waals surface area contributed by atoms with Crippen LogP contribution in [0.4, 0.5) is 24.5 Å². The van der Waals surface area contributed by atoms with Gasteiger partial charge in [-0.15, -0.1) is 0 Å². The minimum absolute atomic E-state index is 0.0753. The van der Waals surface area contributed by atoms with E-state index < -0.39 is 44.5 Å². The quantitative estimate of drug-likeness (QED) is 0.396. The number of ketones is 1. The van der Waals surface area contributed by atoms with Crippen LogP contribution in [0.5, 0.6) is 0 Å². The first kappa shape index (κ1) is 23.0. The molecule has 10 heteroatoms. The lowest BCUT2D eigenvalue weighted by Crippen LogP contribution is -2.19. The van der Waals surface area contributed by atoms with Gasteiger partial charge in [0.25, 0.3) is 0 Å². The van der Waals surface area contributed by atoms with Gasteiger partial charge in [-0.25, -0.2) is 21.6 Å². The largest absolute Gasteiger partial charge is 0.370 e. The van der Waals surface area contributed by atoms with Gasteiger partial charge in [-0.3, -0.25) is 14.5 Å². The van der Waals surface area contributed by atoms with Gasteiger partial charge in [0, 0.05) is 30.1 Å². The van der Waals surface area contributed by atoms with E-state index in [1.165, 1.54) is 18.2 Å². The van der Waals surface area contributed by atoms with E-state index in [-0.39, 0.29) is 17.7 Å². The molecule has 174 valence electrons. The molecule has 0 saturated carbocycles. The SMILES string of the molecule is CCCS(=O)(=O)Nc1cc(F)c(F)c(C(=O)c2ccc3ncc(N4CCCC4)cc3c2)c1F. The normalized spacial score (nSPS) is 14.1. The number of rotatable bonds is 7. The predicted octanol–water partition coefficient (Wildman–Crippen LogP) is 4.64. The maximum atomic E-state index is 15.0. The molecule has 1 N–H and O–H groups in total. The Labute approximate surface area is 189 Å². The topological polar surface area (TPSA) is 79.4 Å². The molecule has 0 amide bonds. The standard InChI is InChI=1S/C23H22F3N3O3S/c1-2-9-33(31,32)28-19-12-17(24)21(25)20(22(19)26)23(30)14-5-6-18-15(10-14)11-16(13-27-18)29-7-3-4-8-29/h5-6,10-13,28H,2-4,7-9H2,1H3. The van der Waals surface area contributed by atoms with Gasteiger partial charge in [0.05, 0.1) is 34.4 Å². The predicted molar refractivity (Wildman–Crippen MR) is 121 cm³/mol. The van der Waals surface area contributed by atoms with Gasteiger partial charge in [0.1, 0.15) is 0 Å². The number of anilines is 2. The number of carbonyl (C=O) groups is 1. The zero-order chi connectivity index (χ0) is 23.8. The highest BCUT2D eigenvalue weighted by molar-refractivity contribution is 7.92. The van der Waals surface area contributed by atoms with Crippen molar-refractivity contribution in [2.24, 2.45) is 0 Å². The molecular weight excluding hydrogens is 455 g/mol. The maximum absolute atomic E-state index is 15.0. The van der Waals surface area contributed by atoms with Crippen molar-refractivity contribution < 1.29 is 26.4 Å². The molecule has 0 spiro atoms. The van der Waals surface area contributed by atoms with E-state index >= 15 is 4.39 Å². The Balaban J connectivity index is 1.75. The van der Waals surface area contributed by atoms with Crippen molar-refractivity contribution in [2.45, 2.75) is 26.2 Å². The van der Waals surface area contributed by atoms with Crippen LogP contribution in [-0.2, 0) is 10.0 Å². The van der Waals surface area contributed by atoms with E-state index in [0.717, 1.165) is 31.6 Å². The molecule has 2 aromatic carbocycles. The minimum atomic E-state index is -3.99. The average molecular weight is 478 g/mol. The van der Waals surface area contributed by atoms with Crippen LogP contribution >= 0.6 is 0 Å². The third-order valence-electron chi connectivity index (χ3n) is 5.52. The second-order valence-corrected chi connectivity index (χ2v) is 9.80. The monoisotopic (exact) mass is 477 g/mol. The Morgan fingerprint density at radius 3 is 2.52 bits per heavy atom. The maximum Gasteiger partial charge on any atom is 0.232 e. The molecule has 0 bridgehead atoms. The second kappa shape index (κ2) is 9.01. The molecule has 4 rings (SSSR count). The summed E-state index contributed by atoms with van der Waals surface area (Å²) in [7, 11) is -3.99. The lowest BCUT2D eigenvalue weighted by molar-refractivity contribution is 0.103. The van der Waals surface area contributed by atoms with Crippen molar-refractivity contribution in [3.63, 3.8) is 0 Å². The van der Waals surface area contributed by atoms with Crippen LogP contribution in [0.3, 0.4) is 0 Å². The van der Waals surface area contributed by atoms with Crippen LogP contribution in [0.25, 0.3) is 10.9 Å². The van der Waals surface area contributed by atoms with Gasteiger partial charge in [0.2, 0.25) is 10.0 Å². The number of hydrogen-bond acceptors (Lipinski definition) is 5. The van der Waals surface area contributed by atoms with E-state index in [2.05, 4.69) is 9.88 Å². The number of nitrogens with zero attached hydrogens (tertiary/aromatic N) is 2. The number of nitrogens with one attached hydrogen (secondary N) is 1. The molecule has 0 radical (unpaired) electrons. The fourth-order valence-electron chi connectivity index (χ4n) is 3.92. The van der Waals surface area contributed by atoms with Crippen molar-refractivity contribution in [2.75, 3.05) is 28.5 Å². The Hall–Kier alpha value is -3.14. The van der Waals surface area contributed by atoms with Gasteiger partial charge in [-0.1, -0.05) is 6.92 Å². The Bertz CT molecular complexity index is 1340. The van der Waals surface area contributed by atoms with E-state index in [9.17, 15) is 22.0 Å². The summed E-state index contributed by atoms with van der Waals surface area (Å²) in [5.41, 5.74) is -0.589. The first-order valence-electron chi connectivity index (χ1n) is 10.6. The van der Waals surface area contributed by atoms with Gasteiger partial charge in [-0.2, -0.15) is 0 Å². The molecule has 3 aromatic rings. The van der Waals surface area contributed by atoms with Gasteiger partial charge >= 0.3 is 0 Å². The van der Waals surface area contributed by atoms with Crippen LogP contribution in [0.15, 0.2) is 36.5 Å². The molecule has 1 aliphatic heterocycles. The number of carbonyl (C=O) groups excluding carboxylic acids is 1. The smallest absolute Gasteiger partial charge is 0.232 e. The fourth-order valence-corrected chi connectivity index (χ4v) is 5.04. The van der Waals surface area contributed by atoms with Crippen molar-refractivity contribution in [1.82, 2.24) is 4.98 Å². The lowest BCUT2D eigenvalue weighted by Gasteiger charge is -2.17. The number of sulfonamides is 1. The third kappa shape index (κ3) is 4.66. The molecule has 33 heavy (non-hydrogen) atoms. The molecule has 1 saturated heterocycles. The van der Waals surface area contributed by atoms with Crippen molar-refractivity contribution in [3.8, 4) is 0 Å². The molecule has 2 heterocycles. The first-order chi connectivity index (χ1) is 15.7. The molecule has 1 aliphatic rings. The van der Waals surface area contributed by atoms with Crippen LogP contribution in [0.2, 0.25) is 0 Å². The number of benzene rings is 2. The summed E-state index contributed by atoms with van der Waals surface area (Å²) >= 11 is 0. The number of pyridine rings is 1. The molecule has 0 unspecified atom stereocenters. The van der Waals surface area contributed by atoms with Gasteiger partial charge < -0.3 is 4.90 Å². The zero-order valence-electron chi connectivity index (χ0n) is 17.9. The van der Waals surface area contributed by atoms with Crippen LogP contribution in [0.1, 0.15) is 42.1 Å². The summed E-state index contributed by atoms with van der Waals surface area (Å²) in [5, 5.41) is 0.589. The molecule has 1 fully saturated rings. The van der Waals surface area contributed by atoms with Crippen molar-refractivity contribution >= 4 is 38.1 Å². The summed E-state index contributed by atoms with van der Waals surface area (Å²) < 4.78 is 69.6. The highest BCUT2D eigenvalue weighted by Crippen LogP contribution is 2.29. The summed E-state index contributed by atoms with van der Waals surface area (Å²) in [6.07, 6.45) is 4.10. The highest BCUT2D eigenvalue weighted by Gasteiger charge is 2.27. The van der Waals surface area contributed by atoms with Crippen molar-refractivity contribution in [1.29, 1.82) is 0 Å². The summed E-state index contributed by atoms with van der Waals surface area (Å²) in [4.78, 5) is 19.6. The van der Waals surface area contributed by atoms with E-state index in [1.54, 1.807) is 13.1 Å².